The molecule has 0 amide bonds. The van der Waals surface area contributed by atoms with Crippen LogP contribution in [0.3, 0.4) is 0 Å². The number of methoxy groups -OCH3 is 1. The Bertz CT molecular complexity index is 1850. The van der Waals surface area contributed by atoms with Gasteiger partial charge in [0.1, 0.15) is 18.1 Å². The first kappa shape index (κ1) is 32.1. The second-order valence-electron chi connectivity index (χ2n) is 13.6. The van der Waals surface area contributed by atoms with Gasteiger partial charge < -0.3 is 34.5 Å². The van der Waals surface area contributed by atoms with E-state index in [1.165, 1.54) is 6.07 Å². The molecule has 0 saturated carbocycles. The largest absolute Gasteiger partial charge is 0.487 e. The number of nitrogens with two attached hydrogens (primary N) is 1. The number of benzene rings is 1. The summed E-state index contributed by atoms with van der Waals surface area (Å²) in [4.78, 5) is 32.0. The smallest absolute Gasteiger partial charge is 0.213 e. The van der Waals surface area contributed by atoms with Gasteiger partial charge >= 0.3 is 0 Å². The third kappa shape index (κ3) is 6.14. The Hall–Kier alpha value is -4.42. The van der Waals surface area contributed by atoms with Gasteiger partial charge in [0.05, 0.1) is 35.9 Å². The molecule has 3 aliphatic heterocycles. The molecule has 4 aromatic rings. The number of aromatic nitrogens is 3. The lowest BCUT2D eigenvalue weighted by atomic mass is 10.0. The Morgan fingerprint density at radius 1 is 1.06 bits per heavy atom. The molecule has 3 aromatic heterocycles. The number of ether oxygens (including phenoxy) is 2. The molecule has 12 heteroatoms. The van der Waals surface area contributed by atoms with Crippen molar-refractivity contribution in [3.63, 3.8) is 0 Å². The molecule has 2 fully saturated rings. The van der Waals surface area contributed by atoms with E-state index in [0.29, 0.717) is 72.4 Å². The van der Waals surface area contributed by atoms with Gasteiger partial charge in [-0.25, -0.2) is 14.4 Å². The summed E-state index contributed by atoms with van der Waals surface area (Å²) in [5.74, 6) is 1.10. The maximum Gasteiger partial charge on any atom is 0.213 e. The van der Waals surface area contributed by atoms with Gasteiger partial charge in [-0.3, -0.25) is 9.69 Å². The van der Waals surface area contributed by atoms with Crippen molar-refractivity contribution in [2.45, 2.75) is 57.9 Å². The van der Waals surface area contributed by atoms with Crippen LogP contribution in [0.2, 0.25) is 0 Å². The van der Waals surface area contributed by atoms with Gasteiger partial charge in [0.2, 0.25) is 5.88 Å². The van der Waals surface area contributed by atoms with E-state index in [2.05, 4.69) is 55.0 Å². The second kappa shape index (κ2) is 13.2. The van der Waals surface area contributed by atoms with Crippen molar-refractivity contribution in [3.8, 4) is 11.6 Å². The van der Waals surface area contributed by atoms with Gasteiger partial charge in [-0.2, -0.15) is 0 Å². The highest BCUT2D eigenvalue weighted by Crippen LogP contribution is 2.42. The van der Waals surface area contributed by atoms with Crippen LogP contribution in [-0.4, -0.2) is 89.9 Å². The second-order valence-corrected chi connectivity index (χ2v) is 13.6. The van der Waals surface area contributed by atoms with Crippen LogP contribution in [-0.2, 0) is 13.1 Å². The third-order valence-corrected chi connectivity index (χ3v) is 10.3. The van der Waals surface area contributed by atoms with Crippen LogP contribution in [0.1, 0.15) is 43.9 Å². The van der Waals surface area contributed by atoms with E-state index in [1.54, 1.807) is 13.3 Å². The summed E-state index contributed by atoms with van der Waals surface area (Å²) >= 11 is 0. The summed E-state index contributed by atoms with van der Waals surface area (Å²) in [5, 5.41) is 0.362. The average Bonchev–Trinajstić information content (AvgIpc) is 3.09. The average molecular weight is 657 g/mol. The van der Waals surface area contributed by atoms with Crippen molar-refractivity contribution >= 4 is 28.1 Å². The first-order valence-electron chi connectivity index (χ1n) is 16.9. The quantitative estimate of drug-likeness (QED) is 0.296. The minimum absolute atomic E-state index is 0.0230. The predicted molar refractivity (Wildman–Crippen MR) is 187 cm³/mol. The number of halogens is 1. The number of nitrogen functional groups attached to an aromatic ring is 1. The third-order valence-electron chi connectivity index (χ3n) is 10.3. The summed E-state index contributed by atoms with van der Waals surface area (Å²) in [6.45, 7) is 9.51. The lowest BCUT2D eigenvalue weighted by Crippen LogP contribution is -2.50. The van der Waals surface area contributed by atoms with E-state index in [4.69, 9.17) is 15.2 Å². The molecule has 0 aliphatic carbocycles. The van der Waals surface area contributed by atoms with Crippen molar-refractivity contribution < 1.29 is 13.9 Å². The molecule has 2 N–H and O–H groups in total. The number of likely N-dealkylation sites (N-methyl/N-ethyl adjacent to an activating group) is 1. The molecule has 3 atom stereocenters. The molecule has 48 heavy (non-hydrogen) atoms. The Labute approximate surface area is 280 Å². The Kier molecular flexibility index (Phi) is 8.86. The summed E-state index contributed by atoms with van der Waals surface area (Å²) < 4.78 is 30.0. The number of hydrogen-bond donors (Lipinski definition) is 1. The van der Waals surface area contributed by atoms with Gasteiger partial charge in [0.25, 0.3) is 0 Å². The summed E-state index contributed by atoms with van der Waals surface area (Å²) in [6, 6.07) is 9.59. The minimum Gasteiger partial charge on any atom is -0.487 e. The van der Waals surface area contributed by atoms with Crippen molar-refractivity contribution in [1.29, 1.82) is 0 Å². The number of piperidine rings is 1. The fourth-order valence-corrected chi connectivity index (χ4v) is 7.43. The summed E-state index contributed by atoms with van der Waals surface area (Å²) in [7, 11) is 3.70. The topological polar surface area (TPSA) is 105 Å². The van der Waals surface area contributed by atoms with Crippen LogP contribution >= 0.6 is 0 Å². The van der Waals surface area contributed by atoms with E-state index in [0.717, 1.165) is 43.7 Å². The Morgan fingerprint density at radius 2 is 1.92 bits per heavy atom. The Balaban J connectivity index is 1.27. The normalized spacial score (nSPS) is 21.5. The van der Waals surface area contributed by atoms with E-state index in [1.807, 2.05) is 36.7 Å². The van der Waals surface area contributed by atoms with Gasteiger partial charge in [-0.15, -0.1) is 0 Å². The van der Waals surface area contributed by atoms with Crippen molar-refractivity contribution in [3.05, 3.63) is 76.1 Å². The monoisotopic (exact) mass is 656 g/mol. The fraction of sp³-hybridized carbons (Fsp3) is 0.472. The van der Waals surface area contributed by atoms with Crippen LogP contribution in [0.25, 0.3) is 10.9 Å². The fourth-order valence-electron chi connectivity index (χ4n) is 7.43. The molecule has 254 valence electrons. The lowest BCUT2D eigenvalue weighted by Gasteiger charge is -2.41. The molecular formula is C36H45FN8O3. The minimum atomic E-state index is -0.412. The number of hydrogen-bond acceptors (Lipinski definition) is 10. The maximum absolute atomic E-state index is 16.2. The van der Waals surface area contributed by atoms with Crippen LogP contribution in [0.15, 0.2) is 53.7 Å². The lowest BCUT2D eigenvalue weighted by molar-refractivity contribution is 0.157. The predicted octanol–water partition coefficient (Wildman–Crippen LogP) is 4.29. The molecule has 0 radical (unpaired) electrons. The van der Waals surface area contributed by atoms with Crippen molar-refractivity contribution in [2.75, 3.05) is 69.0 Å². The maximum atomic E-state index is 16.2. The van der Waals surface area contributed by atoms with Gasteiger partial charge in [0, 0.05) is 81.9 Å². The number of rotatable bonds is 8. The molecule has 2 saturated heterocycles. The molecular weight excluding hydrogens is 611 g/mol. The van der Waals surface area contributed by atoms with Gasteiger partial charge in [-0.1, -0.05) is 0 Å². The van der Waals surface area contributed by atoms with E-state index in [9.17, 15) is 4.79 Å². The first-order chi connectivity index (χ1) is 23.2. The summed E-state index contributed by atoms with van der Waals surface area (Å²) in [5.41, 5.74) is 9.55. The molecule has 7 rings (SSSR count). The number of nitrogens with zero attached hydrogens (tertiary/aromatic N) is 7. The zero-order chi connectivity index (χ0) is 33.5. The van der Waals surface area contributed by atoms with E-state index < -0.39 is 5.82 Å². The molecule has 0 spiro atoms. The molecule has 3 aliphatic rings. The zero-order valence-electron chi connectivity index (χ0n) is 28.2. The van der Waals surface area contributed by atoms with Crippen LogP contribution in [0.4, 0.5) is 21.6 Å². The molecule has 0 bridgehead atoms. The molecule has 1 aromatic carbocycles. The molecule has 3 unspecified atom stereocenters. The standard InChI is InChI=1S/C36H45FN8O3/c1-23-17-43(13-12-41(23)3)34-30(37)15-29-33-36(34)48-22-24(2)45(33)20-26(35(29)46)19-44(18-25-9-10-39-32(14-25)47-4)28-6-5-11-42(21-28)27-7-8-31(38)40-16-27/h7-10,14-16,20,23-24,28H,5-6,11-13,17-19,21-22H2,1-4H3,(H2,38,40). The van der Waals surface area contributed by atoms with Gasteiger partial charge in [-0.05, 0) is 63.6 Å². The highest BCUT2D eigenvalue weighted by molar-refractivity contribution is 5.92. The number of pyridine rings is 3. The van der Waals surface area contributed by atoms with Crippen molar-refractivity contribution in [1.82, 2.24) is 24.3 Å². The number of piperazine rings is 1. The van der Waals surface area contributed by atoms with Gasteiger partial charge in [0.15, 0.2) is 17.0 Å². The number of anilines is 3. The summed E-state index contributed by atoms with van der Waals surface area (Å²) in [6.07, 6.45) is 7.52. The zero-order valence-corrected chi connectivity index (χ0v) is 28.2. The van der Waals surface area contributed by atoms with Crippen molar-refractivity contribution in [2.24, 2.45) is 0 Å². The highest BCUT2D eigenvalue weighted by atomic mass is 19.1. The van der Waals surface area contributed by atoms with Crippen LogP contribution in [0, 0.1) is 5.82 Å². The van der Waals surface area contributed by atoms with E-state index in [-0.39, 0.29) is 23.6 Å². The first-order valence-corrected chi connectivity index (χ1v) is 16.9. The van der Waals surface area contributed by atoms with E-state index >= 15 is 4.39 Å². The molecule has 11 nitrogen and oxygen atoms in total. The van der Waals surface area contributed by atoms with Crippen LogP contribution in [0.5, 0.6) is 11.6 Å². The Morgan fingerprint density at radius 3 is 2.69 bits per heavy atom. The molecule has 6 heterocycles. The van der Waals surface area contributed by atoms with Crippen LogP contribution < -0.4 is 30.4 Å². The highest BCUT2D eigenvalue weighted by Gasteiger charge is 2.33. The SMILES string of the molecule is COc1cc(CN(Cc2cn3c4c(c(N5CCN(C)C(C)C5)c(F)cc4c2=O)OCC3C)C2CCCN(c3ccc(N)nc3)C2)ccn1.